The summed E-state index contributed by atoms with van der Waals surface area (Å²) in [6.07, 6.45) is 0. The quantitative estimate of drug-likeness (QED) is 0.0941. The molecule has 0 N–H and O–H groups in total. The summed E-state index contributed by atoms with van der Waals surface area (Å²) in [5, 5.41) is 51.9. The summed E-state index contributed by atoms with van der Waals surface area (Å²) in [5.74, 6) is 0. The van der Waals surface area contributed by atoms with Gasteiger partial charge >= 0.3 is 50.6 Å². The number of rotatable bonds is 15. The van der Waals surface area contributed by atoms with Crippen LogP contribution in [-0.2, 0) is 50.6 Å². The smallest absolute Gasteiger partial charge is 1.00 e. The SMILES string of the molecule is CC#N.CC#N.CC#N.CC(C[N-]c1ccccc1[N-]c1ccccc1)(C[N-]c1ccccc1[N-]c1ccccc1)C[N-]c1ccccc1[N-]c1ccccc1.[Cl-].[Co+2].[Co+3].[Fe+2]. The predicted octanol–water partition coefficient (Wildman–Crippen LogP) is 12.7. The van der Waals surface area contributed by atoms with E-state index in [2.05, 4.69) is 6.92 Å². The van der Waals surface area contributed by atoms with Gasteiger partial charge in [-0.3, -0.25) is 0 Å². The Bertz CT molecular complexity index is 1900. The van der Waals surface area contributed by atoms with Crippen molar-refractivity contribution in [3.05, 3.63) is 196 Å². The third-order valence-corrected chi connectivity index (χ3v) is 7.56. The van der Waals surface area contributed by atoms with Crippen LogP contribution in [0.1, 0.15) is 27.7 Å². The zero-order valence-electron chi connectivity index (χ0n) is 33.6. The van der Waals surface area contributed by atoms with E-state index in [-0.39, 0.29) is 63.0 Å². The zero-order valence-corrected chi connectivity index (χ0v) is 37.6. The first-order valence-corrected chi connectivity index (χ1v) is 17.9. The van der Waals surface area contributed by atoms with Gasteiger partial charge in [-0.2, -0.15) is 49.9 Å². The van der Waals surface area contributed by atoms with Gasteiger partial charge in [-0.15, -0.1) is 36.7 Å². The van der Waals surface area contributed by atoms with Crippen LogP contribution in [0.2, 0.25) is 0 Å². The van der Waals surface area contributed by atoms with E-state index in [1.54, 1.807) is 18.2 Å². The first-order valence-electron chi connectivity index (χ1n) is 17.9. The molecule has 0 aromatic heterocycles. The summed E-state index contributed by atoms with van der Waals surface area (Å²) in [6.45, 7) is 7.97. The molecule has 311 valence electrons. The minimum atomic E-state index is -0.417. The summed E-state index contributed by atoms with van der Waals surface area (Å²) >= 11 is 0. The average molecular weight is 945 g/mol. The fourth-order valence-corrected chi connectivity index (χ4v) is 4.98. The summed E-state index contributed by atoms with van der Waals surface area (Å²) in [7, 11) is 0. The van der Waals surface area contributed by atoms with E-state index < -0.39 is 5.41 Å². The molecule has 0 spiro atoms. The van der Waals surface area contributed by atoms with E-state index in [1.165, 1.54) is 20.8 Å². The molecule has 13 heteroatoms. The Morgan fingerprint density at radius 2 is 0.583 bits per heavy atom. The largest absolute Gasteiger partial charge is 3.00 e. The van der Waals surface area contributed by atoms with Crippen LogP contribution < -0.4 is 12.4 Å². The molecule has 6 aromatic rings. The van der Waals surface area contributed by atoms with Crippen LogP contribution in [-0.4, -0.2) is 19.6 Å². The molecular formula is C47H45ClCo2FeN9. The van der Waals surface area contributed by atoms with Crippen molar-refractivity contribution in [1.82, 2.24) is 0 Å². The minimum Gasteiger partial charge on any atom is -1.00 e. The van der Waals surface area contributed by atoms with E-state index in [0.29, 0.717) is 19.6 Å². The Kier molecular flexibility index (Phi) is 31.3. The van der Waals surface area contributed by atoms with Crippen LogP contribution in [0.15, 0.2) is 164 Å². The monoisotopic (exact) mass is 944 g/mol. The Labute approximate surface area is 394 Å². The van der Waals surface area contributed by atoms with Crippen LogP contribution in [0.5, 0.6) is 0 Å². The second kappa shape index (κ2) is 33.3. The van der Waals surface area contributed by atoms with E-state index in [1.807, 2.05) is 164 Å². The van der Waals surface area contributed by atoms with Gasteiger partial charge in [0.2, 0.25) is 0 Å². The molecule has 0 fully saturated rings. The van der Waals surface area contributed by atoms with Crippen molar-refractivity contribution in [2.75, 3.05) is 19.6 Å². The molecule has 0 aliphatic carbocycles. The fraction of sp³-hybridized carbons (Fsp3) is 0.170. The van der Waals surface area contributed by atoms with Crippen molar-refractivity contribution in [2.45, 2.75) is 27.7 Å². The number of nitriles is 3. The van der Waals surface area contributed by atoms with Gasteiger partial charge in [-0.25, -0.2) is 0 Å². The first kappa shape index (κ1) is 56.5. The third-order valence-electron chi connectivity index (χ3n) is 7.56. The Morgan fingerprint density at radius 3 is 0.800 bits per heavy atom. The minimum absolute atomic E-state index is 0. The summed E-state index contributed by atoms with van der Waals surface area (Å²) in [6, 6.07) is 59.1. The Hall–Kier alpha value is -5.59. The van der Waals surface area contributed by atoms with Gasteiger partial charge < -0.3 is 44.3 Å². The van der Waals surface area contributed by atoms with Gasteiger partial charge in [0.05, 0.1) is 18.2 Å². The van der Waals surface area contributed by atoms with Crippen molar-refractivity contribution in [3.8, 4) is 18.2 Å². The van der Waals surface area contributed by atoms with Gasteiger partial charge in [0.15, 0.2) is 0 Å². The normalized spacial score (nSPS) is 8.95. The Balaban J connectivity index is 0. The molecule has 60 heavy (non-hydrogen) atoms. The average Bonchev–Trinajstić information content (AvgIpc) is 3.22. The molecule has 0 aliphatic rings. The maximum atomic E-state index is 7.32. The van der Waals surface area contributed by atoms with Crippen LogP contribution in [0.4, 0.5) is 51.2 Å². The summed E-state index contributed by atoms with van der Waals surface area (Å²) in [5.41, 5.74) is 7.24. The van der Waals surface area contributed by atoms with Crippen LogP contribution in [0, 0.1) is 39.4 Å². The van der Waals surface area contributed by atoms with E-state index in [4.69, 9.17) is 47.7 Å². The van der Waals surface area contributed by atoms with Crippen molar-refractivity contribution in [1.29, 1.82) is 15.8 Å². The second-order valence-corrected chi connectivity index (χ2v) is 12.2. The number of nitrogens with zero attached hydrogens (tertiary/aromatic N) is 9. The van der Waals surface area contributed by atoms with Crippen molar-refractivity contribution in [2.24, 2.45) is 5.41 Å². The number of hydrogen-bond acceptors (Lipinski definition) is 3. The van der Waals surface area contributed by atoms with Crippen molar-refractivity contribution >= 4 is 51.2 Å². The molecule has 9 nitrogen and oxygen atoms in total. The van der Waals surface area contributed by atoms with E-state index in [0.717, 1.165) is 51.2 Å². The molecule has 0 bridgehead atoms. The topological polar surface area (TPSA) is 156 Å². The number of hydrogen-bond donors (Lipinski definition) is 0. The molecule has 0 heterocycles. The van der Waals surface area contributed by atoms with Crippen LogP contribution >= 0.6 is 0 Å². The van der Waals surface area contributed by atoms with Gasteiger partial charge in [0.25, 0.3) is 0 Å². The molecule has 0 saturated carbocycles. The van der Waals surface area contributed by atoms with Crippen LogP contribution in [0.25, 0.3) is 31.9 Å². The number of benzene rings is 6. The molecule has 0 amide bonds. The van der Waals surface area contributed by atoms with Crippen molar-refractivity contribution in [3.63, 3.8) is 0 Å². The molecule has 0 saturated heterocycles. The van der Waals surface area contributed by atoms with Gasteiger partial charge in [-0.1, -0.05) is 176 Å². The Morgan fingerprint density at radius 1 is 0.400 bits per heavy atom. The van der Waals surface area contributed by atoms with E-state index in [9.17, 15) is 0 Å². The molecule has 6 rings (SSSR count). The standard InChI is InChI=1S/C41H36N6.3C2H3N.ClH.2Co.Fe/c1-41(29-42-35-23-11-14-26-38(35)45-32-17-5-2-6-18-32,30-43-36-24-12-15-27-39(36)46-33-19-7-3-8-20-33)31-44-37-25-13-16-28-40(37)47-34-21-9-4-10-22-34;3*1-2-3;;;;/h2-28H,29-31H2,1H3;3*1H3;1H;;;/q-6;;;;;+2;+3;+2/p-1. The number of para-hydroxylation sites is 9. The molecule has 0 aliphatic heterocycles. The third kappa shape index (κ3) is 20.9. The molecular weight excluding hydrogens is 900 g/mol. The summed E-state index contributed by atoms with van der Waals surface area (Å²) in [4.78, 5) is 0. The summed E-state index contributed by atoms with van der Waals surface area (Å²) < 4.78 is 0. The van der Waals surface area contributed by atoms with E-state index >= 15 is 0 Å². The first-order chi connectivity index (χ1) is 27.4. The molecule has 0 atom stereocenters. The molecule has 6 aromatic carbocycles. The molecule has 1 radical (unpaired) electrons. The van der Waals surface area contributed by atoms with Gasteiger partial charge in [0, 0.05) is 20.8 Å². The van der Waals surface area contributed by atoms with Crippen molar-refractivity contribution < 1.29 is 63.0 Å². The number of halogens is 1. The van der Waals surface area contributed by atoms with Gasteiger partial charge in [-0.05, 0) is 0 Å². The molecule has 0 unspecified atom stereocenters. The van der Waals surface area contributed by atoms with Crippen LogP contribution in [0.3, 0.4) is 0 Å². The second-order valence-electron chi connectivity index (χ2n) is 12.2. The zero-order chi connectivity index (χ0) is 40.3. The maximum absolute atomic E-state index is 7.32. The van der Waals surface area contributed by atoms with Gasteiger partial charge in [0.1, 0.15) is 0 Å². The predicted molar refractivity (Wildman–Crippen MR) is 232 cm³/mol. The fourth-order valence-electron chi connectivity index (χ4n) is 4.98. The maximum Gasteiger partial charge on any atom is 3.00 e.